The molecule has 17 heavy (non-hydrogen) atoms. The van der Waals surface area contributed by atoms with Gasteiger partial charge in [-0.1, -0.05) is 39.0 Å². The molecule has 0 radical (unpaired) electrons. The van der Waals surface area contributed by atoms with Crippen LogP contribution in [0.3, 0.4) is 0 Å². The van der Waals surface area contributed by atoms with Crippen molar-refractivity contribution in [2.24, 2.45) is 5.92 Å². The highest BCUT2D eigenvalue weighted by atomic mass is 32.2. The molecule has 2 aliphatic carbocycles. The zero-order chi connectivity index (χ0) is 11.9. The zero-order valence-corrected chi connectivity index (χ0v) is 12.2. The van der Waals surface area contributed by atoms with Gasteiger partial charge < -0.3 is 5.32 Å². The van der Waals surface area contributed by atoms with Crippen molar-refractivity contribution in [2.75, 3.05) is 12.3 Å². The molecule has 2 saturated carbocycles. The van der Waals surface area contributed by atoms with Crippen LogP contribution in [-0.2, 0) is 0 Å². The molecule has 0 amide bonds. The standard InChI is InChI=1S/C15H29NS/c1-2-16-14-10-4-3-5-11-15(14)17-12-13-8-6-7-9-13/h13-16H,2-12H2,1H3. The summed E-state index contributed by atoms with van der Waals surface area (Å²) in [4.78, 5) is 0. The van der Waals surface area contributed by atoms with Gasteiger partial charge in [-0.15, -0.1) is 0 Å². The molecule has 2 aliphatic rings. The van der Waals surface area contributed by atoms with Gasteiger partial charge in [0.25, 0.3) is 0 Å². The molecule has 0 spiro atoms. The Bertz CT molecular complexity index is 201. The van der Waals surface area contributed by atoms with Crippen molar-refractivity contribution in [3.8, 4) is 0 Å². The molecule has 2 heteroatoms. The molecule has 100 valence electrons. The third-order valence-corrected chi connectivity index (χ3v) is 6.10. The van der Waals surface area contributed by atoms with Gasteiger partial charge in [0.15, 0.2) is 0 Å². The number of nitrogens with one attached hydrogen (secondary N) is 1. The first kappa shape index (κ1) is 13.7. The van der Waals surface area contributed by atoms with Crippen LogP contribution in [0.5, 0.6) is 0 Å². The molecule has 1 nitrogen and oxygen atoms in total. The van der Waals surface area contributed by atoms with E-state index >= 15 is 0 Å². The first-order valence-corrected chi connectivity index (χ1v) is 8.80. The summed E-state index contributed by atoms with van der Waals surface area (Å²) < 4.78 is 0. The smallest absolute Gasteiger partial charge is 0.0201 e. The van der Waals surface area contributed by atoms with E-state index in [1.165, 1.54) is 63.5 Å². The fourth-order valence-electron chi connectivity index (χ4n) is 3.41. The second kappa shape index (κ2) is 7.68. The van der Waals surface area contributed by atoms with Gasteiger partial charge in [-0.3, -0.25) is 0 Å². The Hall–Kier alpha value is 0.310. The van der Waals surface area contributed by atoms with E-state index in [1.54, 1.807) is 0 Å². The van der Waals surface area contributed by atoms with Gasteiger partial charge in [0.1, 0.15) is 0 Å². The van der Waals surface area contributed by atoms with E-state index in [4.69, 9.17) is 0 Å². The summed E-state index contributed by atoms with van der Waals surface area (Å²) in [6.45, 7) is 3.40. The largest absolute Gasteiger partial charge is 0.313 e. The Morgan fingerprint density at radius 3 is 2.41 bits per heavy atom. The van der Waals surface area contributed by atoms with Gasteiger partial charge in [-0.25, -0.2) is 0 Å². The topological polar surface area (TPSA) is 12.0 Å². The maximum Gasteiger partial charge on any atom is 0.0201 e. The van der Waals surface area contributed by atoms with Crippen molar-refractivity contribution in [1.82, 2.24) is 5.32 Å². The van der Waals surface area contributed by atoms with E-state index in [0.29, 0.717) is 0 Å². The van der Waals surface area contributed by atoms with Gasteiger partial charge in [0.05, 0.1) is 0 Å². The monoisotopic (exact) mass is 255 g/mol. The summed E-state index contributed by atoms with van der Waals surface area (Å²) in [6.07, 6.45) is 13.2. The molecule has 2 atom stereocenters. The quantitative estimate of drug-likeness (QED) is 0.738. The van der Waals surface area contributed by atoms with E-state index in [9.17, 15) is 0 Å². The lowest BCUT2D eigenvalue weighted by molar-refractivity contribution is 0.481. The van der Waals surface area contributed by atoms with Crippen LogP contribution in [0, 0.1) is 5.92 Å². The molecule has 0 aromatic rings. The number of rotatable bonds is 5. The predicted octanol–water partition coefficient (Wildman–Crippen LogP) is 4.22. The Kier molecular flexibility index (Phi) is 6.21. The van der Waals surface area contributed by atoms with Crippen molar-refractivity contribution < 1.29 is 0 Å². The van der Waals surface area contributed by atoms with Crippen molar-refractivity contribution in [3.05, 3.63) is 0 Å². The third kappa shape index (κ3) is 4.48. The summed E-state index contributed by atoms with van der Waals surface area (Å²) in [6, 6.07) is 0.800. The molecule has 1 N–H and O–H groups in total. The van der Waals surface area contributed by atoms with Gasteiger partial charge in [0, 0.05) is 11.3 Å². The average molecular weight is 255 g/mol. The number of thioether (sulfide) groups is 1. The molecule has 0 heterocycles. The number of hydrogen-bond donors (Lipinski definition) is 1. The molecule has 2 rings (SSSR count). The van der Waals surface area contributed by atoms with Crippen LogP contribution in [0.15, 0.2) is 0 Å². The maximum atomic E-state index is 3.73. The van der Waals surface area contributed by atoms with E-state index in [1.807, 2.05) is 0 Å². The van der Waals surface area contributed by atoms with Crippen molar-refractivity contribution in [1.29, 1.82) is 0 Å². The van der Waals surface area contributed by atoms with Crippen LogP contribution in [0.4, 0.5) is 0 Å². The van der Waals surface area contributed by atoms with Gasteiger partial charge in [0.2, 0.25) is 0 Å². The minimum absolute atomic E-state index is 0.800. The maximum absolute atomic E-state index is 3.73. The van der Waals surface area contributed by atoms with Crippen molar-refractivity contribution in [2.45, 2.75) is 76.0 Å². The second-order valence-electron chi connectivity index (χ2n) is 5.82. The van der Waals surface area contributed by atoms with Gasteiger partial charge in [-0.2, -0.15) is 11.8 Å². The molecule has 0 bridgehead atoms. The average Bonchev–Trinajstić information content (AvgIpc) is 2.76. The molecule has 0 aliphatic heterocycles. The SMILES string of the molecule is CCNC1CCCCCC1SCC1CCCC1. The summed E-state index contributed by atoms with van der Waals surface area (Å²) in [5.74, 6) is 2.48. The minimum Gasteiger partial charge on any atom is -0.313 e. The predicted molar refractivity (Wildman–Crippen MR) is 78.8 cm³/mol. The van der Waals surface area contributed by atoms with Crippen LogP contribution in [0.25, 0.3) is 0 Å². The van der Waals surface area contributed by atoms with E-state index in [0.717, 1.165) is 23.8 Å². The minimum atomic E-state index is 0.800. The Balaban J connectivity index is 1.77. The summed E-state index contributed by atoms with van der Waals surface area (Å²) in [5, 5.41) is 4.63. The van der Waals surface area contributed by atoms with Crippen LogP contribution in [0.1, 0.15) is 64.7 Å². The van der Waals surface area contributed by atoms with Crippen molar-refractivity contribution in [3.63, 3.8) is 0 Å². The molecule has 0 saturated heterocycles. The first-order chi connectivity index (χ1) is 8.40. The fraction of sp³-hybridized carbons (Fsp3) is 1.00. The van der Waals surface area contributed by atoms with Gasteiger partial charge in [-0.05, 0) is 43.9 Å². The second-order valence-corrected chi connectivity index (χ2v) is 7.10. The summed E-state index contributed by atoms with van der Waals surface area (Å²) in [5.41, 5.74) is 0. The lowest BCUT2D eigenvalue weighted by Crippen LogP contribution is -2.37. The molecule has 2 fully saturated rings. The molecular formula is C15H29NS. The number of hydrogen-bond acceptors (Lipinski definition) is 2. The lowest BCUT2D eigenvalue weighted by Gasteiger charge is -2.26. The van der Waals surface area contributed by atoms with E-state index in [2.05, 4.69) is 24.0 Å². The highest BCUT2D eigenvalue weighted by Gasteiger charge is 2.25. The Morgan fingerprint density at radius 1 is 0.941 bits per heavy atom. The van der Waals surface area contributed by atoms with Crippen LogP contribution in [0.2, 0.25) is 0 Å². The highest BCUT2D eigenvalue weighted by molar-refractivity contribution is 7.99. The molecule has 2 unspecified atom stereocenters. The van der Waals surface area contributed by atoms with Crippen molar-refractivity contribution >= 4 is 11.8 Å². The zero-order valence-electron chi connectivity index (χ0n) is 11.4. The highest BCUT2D eigenvalue weighted by Crippen LogP contribution is 2.33. The fourth-order valence-corrected chi connectivity index (χ4v) is 5.06. The Labute approximate surface area is 112 Å². The van der Waals surface area contributed by atoms with Crippen LogP contribution in [-0.4, -0.2) is 23.6 Å². The Morgan fingerprint density at radius 2 is 1.65 bits per heavy atom. The molecular weight excluding hydrogens is 226 g/mol. The van der Waals surface area contributed by atoms with E-state index in [-0.39, 0.29) is 0 Å². The lowest BCUT2D eigenvalue weighted by atomic mass is 10.1. The third-order valence-electron chi connectivity index (χ3n) is 4.44. The summed E-state index contributed by atoms with van der Waals surface area (Å²) in [7, 11) is 0. The first-order valence-electron chi connectivity index (χ1n) is 7.75. The van der Waals surface area contributed by atoms with E-state index < -0.39 is 0 Å². The van der Waals surface area contributed by atoms with Gasteiger partial charge >= 0.3 is 0 Å². The molecule has 0 aromatic heterocycles. The van der Waals surface area contributed by atoms with Crippen LogP contribution >= 0.6 is 11.8 Å². The van der Waals surface area contributed by atoms with Crippen LogP contribution < -0.4 is 5.32 Å². The summed E-state index contributed by atoms with van der Waals surface area (Å²) >= 11 is 2.29. The normalized spacial score (nSPS) is 31.6. The molecule has 0 aromatic carbocycles.